The standard InChI is InChI=1S/C9H14O4.Ca/c1-2-3-4-5-7(9(12)13)6-8(10)11;/h5H,2-4,6H2,1H3,(H,10,11)(H,12,13);/q;+2/p-2/b7-5+;. The van der Waals surface area contributed by atoms with E-state index in [4.69, 9.17) is 0 Å². The minimum absolute atomic E-state index is 0. The van der Waals surface area contributed by atoms with Crippen molar-refractivity contribution < 1.29 is 19.8 Å². The van der Waals surface area contributed by atoms with Gasteiger partial charge in [-0.3, -0.25) is 0 Å². The SMILES string of the molecule is CCCC/C=C(\CC(=O)[O-])C(=O)[O-].[Ca+2]. The topological polar surface area (TPSA) is 80.3 Å². The zero-order valence-corrected chi connectivity index (χ0v) is 10.5. The molecule has 0 bridgehead atoms. The Hall–Kier alpha value is -0.0603. The summed E-state index contributed by atoms with van der Waals surface area (Å²) in [5.74, 6) is -2.83. The van der Waals surface area contributed by atoms with Crippen molar-refractivity contribution in [1.82, 2.24) is 0 Å². The number of rotatable bonds is 6. The van der Waals surface area contributed by atoms with Gasteiger partial charge in [0.2, 0.25) is 0 Å². The molecule has 0 aliphatic heterocycles. The smallest absolute Gasteiger partial charge is 0.550 e. The zero-order chi connectivity index (χ0) is 10.3. The molecule has 74 valence electrons. The fourth-order valence-electron chi connectivity index (χ4n) is 0.864. The van der Waals surface area contributed by atoms with Gasteiger partial charge in [0, 0.05) is 12.4 Å². The molecule has 0 aromatic carbocycles. The number of carboxylic acids is 2. The van der Waals surface area contributed by atoms with Gasteiger partial charge >= 0.3 is 37.7 Å². The van der Waals surface area contributed by atoms with Gasteiger partial charge in [-0.2, -0.15) is 0 Å². The van der Waals surface area contributed by atoms with Crippen LogP contribution < -0.4 is 10.2 Å². The largest absolute Gasteiger partial charge is 2.00 e. The van der Waals surface area contributed by atoms with Crippen LogP contribution in [0.3, 0.4) is 0 Å². The van der Waals surface area contributed by atoms with Crippen molar-refractivity contribution in [3.8, 4) is 0 Å². The molecule has 0 radical (unpaired) electrons. The van der Waals surface area contributed by atoms with Crippen LogP contribution in [-0.2, 0) is 9.59 Å². The maximum absolute atomic E-state index is 10.4. The third-order valence-corrected chi connectivity index (χ3v) is 1.55. The fourth-order valence-corrected chi connectivity index (χ4v) is 0.864. The molecule has 0 aromatic rings. The number of aliphatic carboxylic acids is 2. The minimum Gasteiger partial charge on any atom is -0.550 e. The van der Waals surface area contributed by atoms with Crippen molar-refractivity contribution >= 4 is 49.7 Å². The Morgan fingerprint density at radius 2 is 1.86 bits per heavy atom. The van der Waals surface area contributed by atoms with E-state index in [1.54, 1.807) is 0 Å². The molecule has 0 saturated carbocycles. The molecular weight excluding hydrogens is 212 g/mol. The first-order valence-corrected chi connectivity index (χ1v) is 4.18. The van der Waals surface area contributed by atoms with Crippen molar-refractivity contribution in [3.05, 3.63) is 11.6 Å². The van der Waals surface area contributed by atoms with Crippen LogP contribution in [0.1, 0.15) is 32.6 Å². The van der Waals surface area contributed by atoms with Crippen molar-refractivity contribution in [2.24, 2.45) is 0 Å². The number of carbonyl (C=O) groups excluding carboxylic acids is 2. The molecule has 0 aliphatic rings. The van der Waals surface area contributed by atoms with Crippen LogP contribution in [-0.4, -0.2) is 49.7 Å². The molecule has 4 nitrogen and oxygen atoms in total. The van der Waals surface area contributed by atoms with Crippen molar-refractivity contribution in [1.29, 1.82) is 0 Å². The molecular formula is C9H12CaO4. The molecule has 0 amide bonds. The van der Waals surface area contributed by atoms with Gasteiger partial charge in [-0.25, -0.2) is 0 Å². The zero-order valence-electron chi connectivity index (χ0n) is 8.25. The predicted octanol–water partition coefficient (Wildman–Crippen LogP) is -1.39. The summed E-state index contributed by atoms with van der Waals surface area (Å²) in [6, 6.07) is 0. The summed E-state index contributed by atoms with van der Waals surface area (Å²) in [5, 5.41) is 20.5. The summed E-state index contributed by atoms with van der Waals surface area (Å²) in [6.45, 7) is 1.96. The van der Waals surface area contributed by atoms with Crippen molar-refractivity contribution in [3.63, 3.8) is 0 Å². The Morgan fingerprint density at radius 1 is 1.29 bits per heavy atom. The fraction of sp³-hybridized carbons (Fsp3) is 0.556. The van der Waals surface area contributed by atoms with E-state index in [-0.39, 0.29) is 43.3 Å². The van der Waals surface area contributed by atoms with Gasteiger partial charge in [0.1, 0.15) is 0 Å². The number of carbonyl (C=O) groups is 2. The van der Waals surface area contributed by atoms with Gasteiger partial charge in [-0.15, -0.1) is 0 Å². The number of hydrogen-bond acceptors (Lipinski definition) is 4. The van der Waals surface area contributed by atoms with Crippen molar-refractivity contribution in [2.75, 3.05) is 0 Å². The summed E-state index contributed by atoms with van der Waals surface area (Å²) >= 11 is 0. The number of allylic oxidation sites excluding steroid dienone is 1. The van der Waals surface area contributed by atoms with E-state index < -0.39 is 18.4 Å². The molecule has 5 heteroatoms. The van der Waals surface area contributed by atoms with E-state index in [0.717, 1.165) is 12.8 Å². The summed E-state index contributed by atoms with van der Waals surface area (Å²) in [4.78, 5) is 20.5. The molecule has 0 saturated heterocycles. The van der Waals surface area contributed by atoms with Crippen LogP contribution >= 0.6 is 0 Å². The molecule has 0 aliphatic carbocycles. The maximum Gasteiger partial charge on any atom is 2.00 e. The first-order chi connectivity index (χ1) is 6.07. The Labute approximate surface area is 113 Å². The molecule has 0 fully saturated rings. The molecule has 0 unspecified atom stereocenters. The average molecular weight is 224 g/mol. The van der Waals surface area contributed by atoms with E-state index >= 15 is 0 Å². The molecule has 0 heterocycles. The summed E-state index contributed by atoms with van der Waals surface area (Å²) < 4.78 is 0. The van der Waals surface area contributed by atoms with Crippen LogP contribution in [0.5, 0.6) is 0 Å². The van der Waals surface area contributed by atoms with E-state index in [9.17, 15) is 19.8 Å². The van der Waals surface area contributed by atoms with Crippen LogP contribution in [0.4, 0.5) is 0 Å². The van der Waals surface area contributed by atoms with Gasteiger partial charge < -0.3 is 19.8 Å². The Bertz CT molecular complexity index is 223. The van der Waals surface area contributed by atoms with Crippen LogP contribution in [0.2, 0.25) is 0 Å². The quantitative estimate of drug-likeness (QED) is 0.316. The Balaban J connectivity index is 0. The van der Waals surface area contributed by atoms with E-state index in [2.05, 4.69) is 0 Å². The molecule has 0 atom stereocenters. The first kappa shape index (κ1) is 16.4. The van der Waals surface area contributed by atoms with Crippen LogP contribution in [0, 0.1) is 0 Å². The third-order valence-electron chi connectivity index (χ3n) is 1.55. The summed E-state index contributed by atoms with van der Waals surface area (Å²) in [6.07, 6.45) is 3.14. The van der Waals surface area contributed by atoms with Gasteiger partial charge in [-0.1, -0.05) is 25.8 Å². The van der Waals surface area contributed by atoms with Crippen LogP contribution in [0.15, 0.2) is 11.6 Å². The van der Waals surface area contributed by atoms with Gasteiger partial charge in [-0.05, 0) is 12.0 Å². The van der Waals surface area contributed by atoms with E-state index in [1.807, 2.05) is 6.92 Å². The van der Waals surface area contributed by atoms with Crippen LogP contribution in [0.25, 0.3) is 0 Å². The Kier molecular flexibility index (Phi) is 11.1. The van der Waals surface area contributed by atoms with Gasteiger partial charge in [0.05, 0.1) is 5.97 Å². The van der Waals surface area contributed by atoms with Gasteiger partial charge in [0.25, 0.3) is 0 Å². The van der Waals surface area contributed by atoms with E-state index in [1.165, 1.54) is 6.08 Å². The third kappa shape index (κ3) is 8.53. The van der Waals surface area contributed by atoms with E-state index in [0.29, 0.717) is 6.42 Å². The second-order valence-corrected chi connectivity index (χ2v) is 2.71. The van der Waals surface area contributed by atoms with Gasteiger partial charge in [0.15, 0.2) is 0 Å². The number of unbranched alkanes of at least 4 members (excludes halogenated alkanes) is 2. The average Bonchev–Trinajstić information content (AvgIpc) is 2.02. The Morgan fingerprint density at radius 3 is 2.21 bits per heavy atom. The van der Waals surface area contributed by atoms with Crippen molar-refractivity contribution in [2.45, 2.75) is 32.6 Å². The molecule has 0 N–H and O–H groups in total. The predicted molar refractivity (Wildman–Crippen MR) is 48.0 cm³/mol. The molecule has 0 aromatic heterocycles. The second kappa shape index (κ2) is 9.49. The maximum atomic E-state index is 10.4. The monoisotopic (exact) mass is 224 g/mol. The normalized spacial score (nSPS) is 10.5. The minimum atomic E-state index is -1.43. The molecule has 0 spiro atoms. The summed E-state index contributed by atoms with van der Waals surface area (Å²) in [5.41, 5.74) is -0.201. The molecule has 14 heavy (non-hydrogen) atoms. The number of hydrogen-bond donors (Lipinski definition) is 0. The second-order valence-electron chi connectivity index (χ2n) is 2.71. The number of carboxylic acid groups (broad SMARTS) is 2. The first-order valence-electron chi connectivity index (χ1n) is 4.18. The molecule has 0 rings (SSSR count). The summed E-state index contributed by atoms with van der Waals surface area (Å²) in [7, 11) is 0.